The second kappa shape index (κ2) is 10.7. The molecule has 3 aromatic carbocycles. The maximum atomic E-state index is 12.7. The lowest BCUT2D eigenvalue weighted by atomic mass is 9.81. The number of methoxy groups -OCH3 is 1. The Morgan fingerprint density at radius 3 is 2.68 bits per heavy atom. The van der Waals surface area contributed by atoms with Crippen LogP contribution in [0.25, 0.3) is 22.4 Å². The van der Waals surface area contributed by atoms with Crippen LogP contribution in [0, 0.1) is 5.92 Å². The first kappa shape index (κ1) is 23.8. The SMILES string of the molecule is CCOC(=O)c1cc(C=C2C=C(c3cccc(OC)c3)C(CN(C)C)CC2)cc2ccccc12. The van der Waals surface area contributed by atoms with Gasteiger partial charge in [-0.25, -0.2) is 4.79 Å². The van der Waals surface area contributed by atoms with Gasteiger partial charge in [0.2, 0.25) is 0 Å². The van der Waals surface area contributed by atoms with Crippen LogP contribution < -0.4 is 4.74 Å². The minimum atomic E-state index is -0.277. The van der Waals surface area contributed by atoms with Gasteiger partial charge in [-0.15, -0.1) is 0 Å². The Bertz CT molecular complexity index is 1240. The summed E-state index contributed by atoms with van der Waals surface area (Å²) in [5, 5.41) is 1.96. The number of fused-ring (bicyclic) bond motifs is 1. The van der Waals surface area contributed by atoms with E-state index in [0.717, 1.165) is 41.5 Å². The summed E-state index contributed by atoms with van der Waals surface area (Å²) < 4.78 is 10.8. The van der Waals surface area contributed by atoms with Gasteiger partial charge in [0.15, 0.2) is 0 Å². The third-order valence-corrected chi connectivity index (χ3v) is 6.28. The number of benzene rings is 3. The highest BCUT2D eigenvalue weighted by Crippen LogP contribution is 2.37. The van der Waals surface area contributed by atoms with Crippen molar-refractivity contribution >= 4 is 28.4 Å². The van der Waals surface area contributed by atoms with E-state index in [9.17, 15) is 4.79 Å². The van der Waals surface area contributed by atoms with Gasteiger partial charge in [-0.05, 0) is 97.1 Å². The first-order chi connectivity index (χ1) is 16.5. The zero-order valence-corrected chi connectivity index (χ0v) is 20.5. The molecule has 0 spiro atoms. The van der Waals surface area contributed by atoms with Gasteiger partial charge in [-0.2, -0.15) is 0 Å². The van der Waals surface area contributed by atoms with E-state index >= 15 is 0 Å². The van der Waals surface area contributed by atoms with E-state index in [4.69, 9.17) is 9.47 Å². The second-order valence-electron chi connectivity index (χ2n) is 9.06. The molecule has 3 aromatic rings. The average Bonchev–Trinajstić information content (AvgIpc) is 2.84. The normalized spacial score (nSPS) is 17.1. The highest BCUT2D eigenvalue weighted by molar-refractivity contribution is 6.05. The van der Waals surface area contributed by atoms with Gasteiger partial charge in [-0.1, -0.05) is 48.6 Å². The van der Waals surface area contributed by atoms with Crippen LogP contribution in [0.4, 0.5) is 0 Å². The van der Waals surface area contributed by atoms with Crippen LogP contribution >= 0.6 is 0 Å². The van der Waals surface area contributed by atoms with Gasteiger partial charge in [-0.3, -0.25) is 0 Å². The Balaban J connectivity index is 1.78. The molecule has 1 aliphatic rings. The molecule has 4 nitrogen and oxygen atoms in total. The maximum absolute atomic E-state index is 12.7. The monoisotopic (exact) mass is 455 g/mol. The zero-order chi connectivity index (χ0) is 24.1. The van der Waals surface area contributed by atoms with Gasteiger partial charge in [0.05, 0.1) is 19.3 Å². The Labute approximate surface area is 202 Å². The molecule has 176 valence electrons. The van der Waals surface area contributed by atoms with Crippen molar-refractivity contribution in [2.75, 3.05) is 34.4 Å². The van der Waals surface area contributed by atoms with Crippen molar-refractivity contribution in [1.29, 1.82) is 0 Å². The van der Waals surface area contributed by atoms with E-state index in [0.29, 0.717) is 18.1 Å². The smallest absolute Gasteiger partial charge is 0.338 e. The Hall–Kier alpha value is -3.37. The number of ether oxygens (including phenoxy) is 2. The Morgan fingerprint density at radius 2 is 1.91 bits per heavy atom. The molecule has 0 aliphatic heterocycles. The third-order valence-electron chi connectivity index (χ3n) is 6.28. The van der Waals surface area contributed by atoms with Crippen molar-refractivity contribution in [2.24, 2.45) is 5.92 Å². The van der Waals surface area contributed by atoms with Crippen molar-refractivity contribution < 1.29 is 14.3 Å². The van der Waals surface area contributed by atoms with Crippen molar-refractivity contribution in [1.82, 2.24) is 4.90 Å². The summed E-state index contributed by atoms with van der Waals surface area (Å²) in [6.45, 7) is 3.20. The van der Waals surface area contributed by atoms with E-state index in [1.807, 2.05) is 43.3 Å². The van der Waals surface area contributed by atoms with Crippen LogP contribution in [0.2, 0.25) is 0 Å². The summed E-state index contributed by atoms with van der Waals surface area (Å²) in [6, 6.07) is 20.4. The van der Waals surface area contributed by atoms with E-state index in [2.05, 4.69) is 55.4 Å². The molecule has 1 aliphatic carbocycles. The summed E-state index contributed by atoms with van der Waals surface area (Å²) >= 11 is 0. The molecule has 0 radical (unpaired) electrons. The quantitative estimate of drug-likeness (QED) is 0.383. The molecular weight excluding hydrogens is 422 g/mol. The summed E-state index contributed by atoms with van der Waals surface area (Å²) in [7, 11) is 5.96. The molecule has 0 aromatic heterocycles. The lowest BCUT2D eigenvalue weighted by molar-refractivity contribution is 0.0528. The van der Waals surface area contributed by atoms with Crippen LogP contribution in [-0.2, 0) is 4.74 Å². The number of carbonyl (C=O) groups excluding carboxylic acids is 1. The second-order valence-corrected chi connectivity index (χ2v) is 9.06. The fourth-order valence-electron chi connectivity index (χ4n) is 4.76. The molecule has 4 heteroatoms. The lowest BCUT2D eigenvalue weighted by Crippen LogP contribution is -2.24. The topological polar surface area (TPSA) is 38.8 Å². The van der Waals surface area contributed by atoms with E-state index < -0.39 is 0 Å². The highest BCUT2D eigenvalue weighted by Gasteiger charge is 2.22. The van der Waals surface area contributed by atoms with Crippen molar-refractivity contribution in [2.45, 2.75) is 19.8 Å². The summed E-state index contributed by atoms with van der Waals surface area (Å²) in [6.07, 6.45) is 6.60. The van der Waals surface area contributed by atoms with E-state index in [-0.39, 0.29) is 5.97 Å². The minimum Gasteiger partial charge on any atom is -0.497 e. The minimum absolute atomic E-state index is 0.277. The maximum Gasteiger partial charge on any atom is 0.338 e. The first-order valence-corrected chi connectivity index (χ1v) is 11.9. The third kappa shape index (κ3) is 5.40. The number of rotatable bonds is 7. The van der Waals surface area contributed by atoms with Gasteiger partial charge >= 0.3 is 5.97 Å². The van der Waals surface area contributed by atoms with Crippen molar-refractivity contribution in [3.63, 3.8) is 0 Å². The van der Waals surface area contributed by atoms with Gasteiger partial charge in [0.1, 0.15) is 5.75 Å². The lowest BCUT2D eigenvalue weighted by Gasteiger charge is -2.29. The molecule has 0 amide bonds. The fourth-order valence-corrected chi connectivity index (χ4v) is 4.76. The van der Waals surface area contributed by atoms with Crippen molar-refractivity contribution in [3.05, 3.63) is 89.0 Å². The summed E-state index contributed by atoms with van der Waals surface area (Å²) in [5.74, 6) is 1.04. The number of nitrogens with zero attached hydrogens (tertiary/aromatic N) is 1. The molecule has 0 N–H and O–H groups in total. The van der Waals surface area contributed by atoms with Gasteiger partial charge in [0, 0.05) is 6.54 Å². The summed E-state index contributed by atoms with van der Waals surface area (Å²) in [4.78, 5) is 14.9. The zero-order valence-electron chi connectivity index (χ0n) is 20.5. The first-order valence-electron chi connectivity index (χ1n) is 11.9. The average molecular weight is 456 g/mol. The highest BCUT2D eigenvalue weighted by atomic mass is 16.5. The van der Waals surface area contributed by atoms with Gasteiger partial charge < -0.3 is 14.4 Å². The molecule has 0 saturated carbocycles. The van der Waals surface area contributed by atoms with Crippen LogP contribution in [0.15, 0.2) is 72.3 Å². The number of hydrogen-bond donors (Lipinski definition) is 0. The predicted molar refractivity (Wildman–Crippen MR) is 140 cm³/mol. The number of hydrogen-bond acceptors (Lipinski definition) is 4. The molecular formula is C30H33NO3. The standard InChI is InChI=1S/C30H33NO3/c1-5-34-30(32)29-18-22(16-23-9-6-7-12-27(23)29)15-21-13-14-25(20-31(2)3)28(17-21)24-10-8-11-26(19-24)33-4/h6-12,15-19,25H,5,13-14,20H2,1-4H3. The summed E-state index contributed by atoms with van der Waals surface area (Å²) in [5.41, 5.74) is 5.42. The van der Waals surface area contributed by atoms with Crippen LogP contribution in [0.5, 0.6) is 5.75 Å². The molecule has 0 heterocycles. The molecule has 34 heavy (non-hydrogen) atoms. The molecule has 1 atom stereocenters. The molecule has 1 unspecified atom stereocenters. The number of esters is 1. The number of allylic oxidation sites excluding steroid dienone is 2. The Morgan fingerprint density at radius 1 is 1.09 bits per heavy atom. The molecule has 0 fully saturated rings. The molecule has 0 saturated heterocycles. The van der Waals surface area contributed by atoms with E-state index in [1.165, 1.54) is 16.7 Å². The van der Waals surface area contributed by atoms with Crippen LogP contribution in [0.3, 0.4) is 0 Å². The Kier molecular flexibility index (Phi) is 7.49. The van der Waals surface area contributed by atoms with E-state index in [1.54, 1.807) is 7.11 Å². The van der Waals surface area contributed by atoms with Crippen LogP contribution in [-0.4, -0.2) is 45.2 Å². The van der Waals surface area contributed by atoms with Crippen LogP contribution in [0.1, 0.15) is 41.3 Å². The van der Waals surface area contributed by atoms with Gasteiger partial charge in [0.25, 0.3) is 0 Å². The molecule has 0 bridgehead atoms. The fraction of sp³-hybridized carbons (Fsp3) is 0.300. The largest absolute Gasteiger partial charge is 0.497 e. The molecule has 4 rings (SSSR count). The van der Waals surface area contributed by atoms with Crippen molar-refractivity contribution in [3.8, 4) is 5.75 Å². The number of carbonyl (C=O) groups is 1. The predicted octanol–water partition coefficient (Wildman–Crippen LogP) is 6.46.